The van der Waals surface area contributed by atoms with Crippen LogP contribution >= 0.6 is 0 Å². The van der Waals surface area contributed by atoms with E-state index in [4.69, 9.17) is 9.47 Å². The van der Waals surface area contributed by atoms with Crippen LogP contribution in [0, 0.1) is 5.92 Å². The number of rotatable bonds is 6. The number of methoxy groups -OCH3 is 2. The van der Waals surface area contributed by atoms with Crippen LogP contribution in [0.4, 0.5) is 5.69 Å². The van der Waals surface area contributed by atoms with E-state index in [1.54, 1.807) is 0 Å². The van der Waals surface area contributed by atoms with E-state index >= 15 is 0 Å². The maximum atomic E-state index is 12.2. The van der Waals surface area contributed by atoms with Crippen molar-refractivity contribution in [3.8, 4) is 0 Å². The molecule has 0 saturated heterocycles. The van der Waals surface area contributed by atoms with Crippen LogP contribution in [0.1, 0.15) is 23.6 Å². The number of benzene rings is 2. The lowest BCUT2D eigenvalue weighted by molar-refractivity contribution is -0.159. The fourth-order valence-corrected chi connectivity index (χ4v) is 3.60. The number of hydrogen-bond donors (Lipinski definition) is 0. The summed E-state index contributed by atoms with van der Waals surface area (Å²) in [5, 5.41) is 0. The monoisotopic (exact) mass is 353 g/mol. The van der Waals surface area contributed by atoms with Crippen molar-refractivity contribution in [3.05, 3.63) is 65.7 Å². The molecule has 3 rings (SSSR count). The van der Waals surface area contributed by atoms with Crippen molar-refractivity contribution < 1.29 is 19.1 Å². The van der Waals surface area contributed by atoms with Crippen LogP contribution in [0.2, 0.25) is 0 Å². The minimum Gasteiger partial charge on any atom is -0.468 e. The number of nitrogens with zero attached hydrogens (tertiary/aromatic N) is 1. The Bertz CT molecular complexity index is 759. The van der Waals surface area contributed by atoms with Gasteiger partial charge in [-0.1, -0.05) is 48.5 Å². The number of carbonyl (C=O) groups excluding carboxylic acids is 2. The SMILES string of the molecule is COC(=O)C(CC(c1ccccc1)N1CCc2ccccc21)C(=O)OC. The first-order chi connectivity index (χ1) is 12.7. The Morgan fingerprint density at radius 3 is 2.23 bits per heavy atom. The summed E-state index contributed by atoms with van der Waals surface area (Å²) in [6.45, 7) is 0.841. The largest absolute Gasteiger partial charge is 0.468 e. The number of carbonyl (C=O) groups is 2. The summed E-state index contributed by atoms with van der Waals surface area (Å²) in [6.07, 6.45) is 1.25. The molecule has 5 heteroatoms. The number of anilines is 1. The van der Waals surface area contributed by atoms with E-state index in [2.05, 4.69) is 17.0 Å². The number of hydrogen-bond acceptors (Lipinski definition) is 5. The Hall–Kier alpha value is -2.82. The lowest BCUT2D eigenvalue weighted by Gasteiger charge is -2.32. The highest BCUT2D eigenvalue weighted by Crippen LogP contribution is 2.38. The summed E-state index contributed by atoms with van der Waals surface area (Å²) in [5.74, 6) is -2.08. The molecule has 0 N–H and O–H groups in total. The maximum absolute atomic E-state index is 12.2. The second-order valence-corrected chi connectivity index (χ2v) is 6.33. The van der Waals surface area contributed by atoms with Gasteiger partial charge in [-0.25, -0.2) is 0 Å². The third kappa shape index (κ3) is 3.57. The molecule has 0 amide bonds. The van der Waals surface area contributed by atoms with Gasteiger partial charge >= 0.3 is 11.9 Å². The second-order valence-electron chi connectivity index (χ2n) is 6.33. The van der Waals surface area contributed by atoms with Gasteiger partial charge in [0, 0.05) is 12.2 Å². The predicted octanol–water partition coefficient (Wildman–Crippen LogP) is 3.14. The Morgan fingerprint density at radius 1 is 0.962 bits per heavy atom. The van der Waals surface area contributed by atoms with Crippen molar-refractivity contribution >= 4 is 17.6 Å². The highest BCUT2D eigenvalue weighted by molar-refractivity contribution is 5.95. The fourth-order valence-electron chi connectivity index (χ4n) is 3.60. The minimum atomic E-state index is -0.956. The lowest BCUT2D eigenvalue weighted by Crippen LogP contribution is -2.34. The molecule has 0 radical (unpaired) electrons. The molecule has 5 nitrogen and oxygen atoms in total. The highest BCUT2D eigenvalue weighted by Gasteiger charge is 2.36. The van der Waals surface area contributed by atoms with Crippen LogP contribution in [0.3, 0.4) is 0 Å². The molecule has 0 aromatic heterocycles. The molecule has 2 aromatic rings. The zero-order valence-corrected chi connectivity index (χ0v) is 15.1. The zero-order chi connectivity index (χ0) is 18.5. The van der Waals surface area contributed by atoms with Gasteiger partial charge in [-0.15, -0.1) is 0 Å². The third-order valence-corrected chi connectivity index (χ3v) is 4.91. The van der Waals surface area contributed by atoms with Crippen molar-refractivity contribution in [1.82, 2.24) is 0 Å². The van der Waals surface area contributed by atoms with Gasteiger partial charge in [-0.05, 0) is 30.0 Å². The van der Waals surface area contributed by atoms with E-state index in [0.717, 1.165) is 24.2 Å². The molecular formula is C21H23NO4. The smallest absolute Gasteiger partial charge is 0.320 e. The number of ether oxygens (including phenoxy) is 2. The van der Waals surface area contributed by atoms with Crippen molar-refractivity contribution in [3.63, 3.8) is 0 Å². The predicted molar refractivity (Wildman–Crippen MR) is 98.8 cm³/mol. The molecule has 0 fully saturated rings. The topological polar surface area (TPSA) is 55.8 Å². The average Bonchev–Trinajstić information content (AvgIpc) is 3.12. The number of para-hydroxylation sites is 1. The van der Waals surface area contributed by atoms with E-state index in [1.807, 2.05) is 42.5 Å². The van der Waals surface area contributed by atoms with Crippen molar-refractivity contribution in [2.45, 2.75) is 18.9 Å². The van der Waals surface area contributed by atoms with Crippen LogP contribution in [0.15, 0.2) is 54.6 Å². The quantitative estimate of drug-likeness (QED) is 0.590. The van der Waals surface area contributed by atoms with Crippen molar-refractivity contribution in [1.29, 1.82) is 0 Å². The fraction of sp³-hybridized carbons (Fsp3) is 0.333. The van der Waals surface area contributed by atoms with Crippen LogP contribution in [-0.4, -0.2) is 32.7 Å². The second kappa shape index (κ2) is 8.04. The van der Waals surface area contributed by atoms with Gasteiger partial charge in [-0.2, -0.15) is 0 Å². The summed E-state index contributed by atoms with van der Waals surface area (Å²) >= 11 is 0. The van der Waals surface area contributed by atoms with E-state index in [0.29, 0.717) is 6.42 Å². The van der Waals surface area contributed by atoms with Gasteiger partial charge in [-0.3, -0.25) is 9.59 Å². The molecule has 1 unspecified atom stereocenters. The molecule has 26 heavy (non-hydrogen) atoms. The highest BCUT2D eigenvalue weighted by atomic mass is 16.5. The summed E-state index contributed by atoms with van der Waals surface area (Å²) < 4.78 is 9.69. The maximum Gasteiger partial charge on any atom is 0.320 e. The summed E-state index contributed by atoms with van der Waals surface area (Å²) in [4.78, 5) is 26.7. The van der Waals surface area contributed by atoms with Gasteiger partial charge in [0.1, 0.15) is 0 Å². The molecule has 1 aliphatic heterocycles. The molecule has 0 saturated carbocycles. The Labute approximate surface area is 153 Å². The average molecular weight is 353 g/mol. The van der Waals surface area contributed by atoms with Gasteiger partial charge in [0.2, 0.25) is 0 Å². The van der Waals surface area contributed by atoms with Crippen LogP contribution in [-0.2, 0) is 25.5 Å². The van der Waals surface area contributed by atoms with Crippen LogP contribution in [0.25, 0.3) is 0 Å². The third-order valence-electron chi connectivity index (χ3n) is 4.91. The molecule has 1 atom stereocenters. The first-order valence-corrected chi connectivity index (χ1v) is 8.71. The Balaban J connectivity index is 1.97. The van der Waals surface area contributed by atoms with E-state index in [9.17, 15) is 9.59 Å². The molecule has 0 spiro atoms. The summed E-state index contributed by atoms with van der Waals surface area (Å²) in [5.41, 5.74) is 3.48. The molecule has 1 heterocycles. The molecule has 136 valence electrons. The van der Waals surface area contributed by atoms with Gasteiger partial charge in [0.05, 0.1) is 20.3 Å². The molecule has 1 aliphatic rings. The summed E-state index contributed by atoms with van der Waals surface area (Å²) in [6, 6.07) is 18.1. The summed E-state index contributed by atoms with van der Waals surface area (Å²) in [7, 11) is 2.59. The van der Waals surface area contributed by atoms with Gasteiger partial charge in [0.25, 0.3) is 0 Å². The van der Waals surface area contributed by atoms with Crippen LogP contribution in [0.5, 0.6) is 0 Å². The minimum absolute atomic E-state index is 0.122. The Morgan fingerprint density at radius 2 is 1.58 bits per heavy atom. The van der Waals surface area contributed by atoms with Crippen molar-refractivity contribution in [2.24, 2.45) is 5.92 Å². The molecule has 0 bridgehead atoms. The number of fused-ring (bicyclic) bond motifs is 1. The van der Waals surface area contributed by atoms with Gasteiger partial charge < -0.3 is 14.4 Å². The van der Waals surface area contributed by atoms with E-state index in [-0.39, 0.29) is 6.04 Å². The first kappa shape index (κ1) is 18.0. The van der Waals surface area contributed by atoms with Crippen molar-refractivity contribution in [2.75, 3.05) is 25.7 Å². The molecule has 2 aromatic carbocycles. The number of esters is 2. The normalized spacial score (nSPS) is 14.0. The molecular weight excluding hydrogens is 330 g/mol. The zero-order valence-electron chi connectivity index (χ0n) is 15.1. The Kier molecular flexibility index (Phi) is 5.56. The van der Waals surface area contributed by atoms with Gasteiger partial charge in [0.15, 0.2) is 5.92 Å². The first-order valence-electron chi connectivity index (χ1n) is 8.71. The lowest BCUT2D eigenvalue weighted by atomic mass is 9.93. The standard InChI is InChI=1S/C21H23NO4/c1-25-20(23)17(21(24)26-2)14-19(15-8-4-3-5-9-15)22-13-12-16-10-6-7-11-18(16)22/h3-11,17,19H,12-14H2,1-2H3. The van der Waals surface area contributed by atoms with E-state index < -0.39 is 17.9 Å². The molecule has 0 aliphatic carbocycles. The van der Waals surface area contributed by atoms with Crippen LogP contribution < -0.4 is 4.90 Å². The van der Waals surface area contributed by atoms with E-state index in [1.165, 1.54) is 19.8 Å².